The van der Waals surface area contributed by atoms with Crippen molar-refractivity contribution < 1.29 is 19.1 Å². The van der Waals surface area contributed by atoms with Gasteiger partial charge < -0.3 is 10.4 Å². The summed E-state index contributed by atoms with van der Waals surface area (Å²) in [5.74, 6) is -1.36. The van der Waals surface area contributed by atoms with Crippen LogP contribution in [0.15, 0.2) is 63.9 Å². The van der Waals surface area contributed by atoms with Crippen LogP contribution < -0.4 is 16.4 Å². The minimum absolute atomic E-state index is 0.00602. The van der Waals surface area contributed by atoms with E-state index in [2.05, 4.69) is 31.8 Å². The smallest absolute Gasteiger partial charge is 0.297 e. The van der Waals surface area contributed by atoms with E-state index in [-0.39, 0.29) is 30.3 Å². The highest BCUT2D eigenvalue weighted by molar-refractivity contribution is 9.10. The van der Waals surface area contributed by atoms with Crippen molar-refractivity contribution in [3.63, 3.8) is 0 Å². The number of amides is 1. The molecule has 0 atom stereocenters. The molecule has 0 aliphatic carbocycles. The molecule has 0 unspecified atom stereocenters. The number of rotatable bonds is 7. The van der Waals surface area contributed by atoms with E-state index in [0.29, 0.717) is 10.2 Å². The van der Waals surface area contributed by atoms with Gasteiger partial charge in [-0.3, -0.25) is 14.4 Å². The second-order valence-electron chi connectivity index (χ2n) is 5.74. The van der Waals surface area contributed by atoms with Crippen molar-refractivity contribution in [2.75, 3.05) is 18.5 Å². The molecule has 2 aromatic carbocycles. The number of hydrogen-bond acceptors (Lipinski definition) is 6. The van der Waals surface area contributed by atoms with E-state index in [0.717, 1.165) is 10.7 Å². The van der Waals surface area contributed by atoms with Crippen molar-refractivity contribution in [2.45, 2.75) is 0 Å². The average Bonchev–Trinajstić information content (AvgIpc) is 2.71. The Morgan fingerprint density at radius 3 is 2.62 bits per heavy atom. The van der Waals surface area contributed by atoms with Crippen molar-refractivity contribution in [3.8, 4) is 5.69 Å². The van der Waals surface area contributed by atoms with E-state index in [9.17, 15) is 14.0 Å². The molecule has 0 fully saturated rings. The third-order valence-electron chi connectivity index (χ3n) is 3.71. The molecule has 29 heavy (non-hydrogen) atoms. The summed E-state index contributed by atoms with van der Waals surface area (Å²) in [6.45, 7) is -0.430. The van der Waals surface area contributed by atoms with Gasteiger partial charge in [-0.1, -0.05) is 34.1 Å². The van der Waals surface area contributed by atoms with E-state index in [1.54, 1.807) is 36.4 Å². The summed E-state index contributed by atoms with van der Waals surface area (Å²) in [4.78, 5) is 29.9. The van der Waals surface area contributed by atoms with Gasteiger partial charge in [0, 0.05) is 10.5 Å². The number of para-hydroxylation sites is 1. The van der Waals surface area contributed by atoms with Crippen LogP contribution in [0.5, 0.6) is 0 Å². The first-order chi connectivity index (χ1) is 14.0. The zero-order valence-electron chi connectivity index (χ0n) is 14.9. The molecule has 1 aromatic heterocycles. The maximum absolute atomic E-state index is 14.2. The fourth-order valence-electron chi connectivity index (χ4n) is 2.42. The standard InChI is InChI=1S/C19H16BrFN4O4/c20-12-6-7-15(14(21)10-12)22-16-11-17(27)25(13-4-2-1-3-5-13)23-18(16)19(28)24-29-9-8-26/h1-7,10-11,22,26H,8-9H2,(H,24,28). The Morgan fingerprint density at radius 1 is 1.17 bits per heavy atom. The van der Waals surface area contributed by atoms with E-state index in [4.69, 9.17) is 9.94 Å². The summed E-state index contributed by atoms with van der Waals surface area (Å²) < 4.78 is 15.8. The van der Waals surface area contributed by atoms with E-state index in [1.165, 1.54) is 12.1 Å². The summed E-state index contributed by atoms with van der Waals surface area (Å²) in [7, 11) is 0. The normalized spacial score (nSPS) is 10.6. The number of halogens is 2. The number of hydroxylamine groups is 1. The molecule has 3 aromatic rings. The van der Waals surface area contributed by atoms with E-state index < -0.39 is 17.3 Å². The molecule has 0 aliphatic rings. The van der Waals surface area contributed by atoms with Crippen LogP contribution in [0.2, 0.25) is 0 Å². The lowest BCUT2D eigenvalue weighted by atomic mass is 10.2. The number of hydrogen-bond donors (Lipinski definition) is 3. The first-order valence-corrected chi connectivity index (χ1v) is 9.24. The average molecular weight is 463 g/mol. The Kier molecular flexibility index (Phi) is 6.70. The molecular weight excluding hydrogens is 447 g/mol. The predicted octanol–water partition coefficient (Wildman–Crippen LogP) is 2.53. The summed E-state index contributed by atoms with van der Waals surface area (Å²) in [6.07, 6.45) is 0. The van der Waals surface area contributed by atoms with Crippen molar-refractivity contribution in [1.82, 2.24) is 15.3 Å². The Morgan fingerprint density at radius 2 is 1.93 bits per heavy atom. The van der Waals surface area contributed by atoms with Crippen LogP contribution >= 0.6 is 15.9 Å². The topological polar surface area (TPSA) is 105 Å². The number of benzene rings is 2. The molecule has 1 heterocycles. The maximum atomic E-state index is 14.2. The maximum Gasteiger partial charge on any atom is 0.297 e. The SMILES string of the molecule is O=C(NOCCO)c1nn(-c2ccccc2)c(=O)cc1Nc1ccc(Br)cc1F. The molecule has 0 saturated carbocycles. The van der Waals surface area contributed by atoms with Gasteiger partial charge >= 0.3 is 0 Å². The number of nitrogens with zero attached hydrogens (tertiary/aromatic N) is 2. The lowest BCUT2D eigenvalue weighted by molar-refractivity contribution is 0.0164. The van der Waals surface area contributed by atoms with Crippen LogP contribution in [0, 0.1) is 5.82 Å². The molecule has 150 valence electrons. The van der Waals surface area contributed by atoms with Gasteiger partial charge in [-0.2, -0.15) is 9.78 Å². The van der Waals surface area contributed by atoms with Crippen LogP contribution in [-0.4, -0.2) is 34.0 Å². The number of aliphatic hydroxyl groups is 1. The van der Waals surface area contributed by atoms with Gasteiger partial charge in [-0.15, -0.1) is 0 Å². The fraction of sp³-hybridized carbons (Fsp3) is 0.105. The lowest BCUT2D eigenvalue weighted by Gasteiger charge is -2.14. The van der Waals surface area contributed by atoms with Gasteiger partial charge in [-0.05, 0) is 30.3 Å². The number of carbonyl (C=O) groups excluding carboxylic acids is 1. The van der Waals surface area contributed by atoms with Crippen LogP contribution in [0.4, 0.5) is 15.8 Å². The zero-order valence-corrected chi connectivity index (χ0v) is 16.5. The molecule has 0 radical (unpaired) electrons. The molecule has 0 bridgehead atoms. The summed E-state index contributed by atoms with van der Waals surface area (Å²) in [5, 5.41) is 15.6. The van der Waals surface area contributed by atoms with E-state index in [1.807, 2.05) is 0 Å². The van der Waals surface area contributed by atoms with Gasteiger partial charge in [0.15, 0.2) is 5.69 Å². The predicted molar refractivity (Wildman–Crippen MR) is 108 cm³/mol. The van der Waals surface area contributed by atoms with Crippen LogP contribution in [-0.2, 0) is 4.84 Å². The van der Waals surface area contributed by atoms with Gasteiger partial charge in [0.1, 0.15) is 5.82 Å². The zero-order chi connectivity index (χ0) is 20.8. The summed E-state index contributed by atoms with van der Waals surface area (Å²) in [5.41, 5.74) is 1.90. The number of carbonyl (C=O) groups is 1. The van der Waals surface area contributed by atoms with E-state index >= 15 is 0 Å². The van der Waals surface area contributed by atoms with Crippen molar-refractivity contribution in [1.29, 1.82) is 0 Å². The van der Waals surface area contributed by atoms with Crippen LogP contribution in [0.3, 0.4) is 0 Å². The minimum Gasteiger partial charge on any atom is -0.394 e. The molecule has 0 spiro atoms. The van der Waals surface area contributed by atoms with Crippen LogP contribution in [0.1, 0.15) is 10.5 Å². The quantitative estimate of drug-likeness (QED) is 0.368. The molecular formula is C19H16BrFN4O4. The second-order valence-corrected chi connectivity index (χ2v) is 6.66. The summed E-state index contributed by atoms with van der Waals surface area (Å²) >= 11 is 3.17. The Hall–Kier alpha value is -3.08. The molecule has 8 nitrogen and oxygen atoms in total. The summed E-state index contributed by atoms with van der Waals surface area (Å²) in [6, 6.07) is 14.0. The second kappa shape index (κ2) is 9.41. The van der Waals surface area contributed by atoms with Crippen molar-refractivity contribution >= 4 is 33.2 Å². The number of aliphatic hydroxyl groups excluding tert-OH is 1. The molecule has 1 amide bonds. The monoisotopic (exact) mass is 462 g/mol. The van der Waals surface area contributed by atoms with Crippen molar-refractivity contribution in [2.24, 2.45) is 0 Å². The largest absolute Gasteiger partial charge is 0.394 e. The third-order valence-corrected chi connectivity index (χ3v) is 4.20. The fourth-order valence-corrected chi connectivity index (χ4v) is 2.75. The van der Waals surface area contributed by atoms with Gasteiger partial charge in [0.2, 0.25) is 0 Å². The minimum atomic E-state index is -0.775. The molecule has 0 saturated heterocycles. The number of aromatic nitrogens is 2. The molecule has 10 heteroatoms. The number of nitrogens with one attached hydrogen (secondary N) is 2. The highest BCUT2D eigenvalue weighted by Crippen LogP contribution is 2.24. The van der Waals surface area contributed by atoms with Crippen LogP contribution in [0.25, 0.3) is 5.69 Å². The van der Waals surface area contributed by atoms with Crippen molar-refractivity contribution in [3.05, 3.63) is 80.9 Å². The molecule has 3 rings (SSSR count). The Balaban J connectivity index is 2.04. The first-order valence-electron chi connectivity index (χ1n) is 8.44. The van der Waals surface area contributed by atoms with Gasteiger partial charge in [-0.25, -0.2) is 9.87 Å². The van der Waals surface area contributed by atoms with Gasteiger partial charge in [0.05, 0.1) is 30.3 Å². The lowest BCUT2D eigenvalue weighted by Crippen LogP contribution is -2.31. The highest BCUT2D eigenvalue weighted by Gasteiger charge is 2.19. The number of anilines is 2. The van der Waals surface area contributed by atoms with Gasteiger partial charge in [0.25, 0.3) is 11.5 Å². The molecule has 3 N–H and O–H groups in total. The first kappa shape index (κ1) is 20.6. The molecule has 0 aliphatic heterocycles. The third kappa shape index (κ3) is 5.05. The Bertz CT molecular complexity index is 1080. The Labute approximate surface area is 173 Å². The highest BCUT2D eigenvalue weighted by atomic mass is 79.9.